The van der Waals surface area contributed by atoms with Gasteiger partial charge in [-0.2, -0.15) is 0 Å². The molecule has 0 radical (unpaired) electrons. The molecular weight excluding hydrogens is 829 g/mol. The van der Waals surface area contributed by atoms with Crippen molar-refractivity contribution < 1.29 is 28.6 Å². The smallest absolute Gasteiger partial charge is 0.306 e. The van der Waals surface area contributed by atoms with Crippen LogP contribution in [0.4, 0.5) is 0 Å². The monoisotopic (exact) mass is 947 g/mol. The van der Waals surface area contributed by atoms with Crippen molar-refractivity contribution in [3.63, 3.8) is 0 Å². The highest BCUT2D eigenvalue weighted by Crippen LogP contribution is 2.18. The first kappa shape index (κ1) is 65.4. The van der Waals surface area contributed by atoms with E-state index in [1.165, 1.54) is 244 Å². The summed E-state index contributed by atoms with van der Waals surface area (Å²) in [6.45, 7) is 9.08. The summed E-state index contributed by atoms with van der Waals surface area (Å²) in [4.78, 5) is 38.2. The number of hydrogen-bond acceptors (Lipinski definition) is 6. The van der Waals surface area contributed by atoms with Crippen LogP contribution in [0.15, 0.2) is 0 Å². The van der Waals surface area contributed by atoms with Gasteiger partial charge in [-0.3, -0.25) is 14.4 Å². The second kappa shape index (κ2) is 55.3. The zero-order valence-electron chi connectivity index (χ0n) is 45.9. The molecule has 0 aliphatic carbocycles. The zero-order chi connectivity index (χ0) is 48.8. The van der Waals surface area contributed by atoms with Crippen molar-refractivity contribution in [2.24, 2.45) is 5.92 Å². The third-order valence-electron chi connectivity index (χ3n) is 14.0. The Morgan fingerprint density at radius 2 is 0.493 bits per heavy atom. The van der Waals surface area contributed by atoms with Crippen LogP contribution in [0.2, 0.25) is 0 Å². The highest BCUT2D eigenvalue weighted by atomic mass is 16.6. The average molecular weight is 948 g/mol. The van der Waals surface area contributed by atoms with Crippen molar-refractivity contribution in [1.29, 1.82) is 0 Å². The third-order valence-corrected chi connectivity index (χ3v) is 14.0. The van der Waals surface area contributed by atoms with Crippen LogP contribution in [0.3, 0.4) is 0 Å². The molecule has 0 aromatic rings. The van der Waals surface area contributed by atoms with Crippen molar-refractivity contribution in [2.75, 3.05) is 13.2 Å². The lowest BCUT2D eigenvalue weighted by molar-refractivity contribution is -0.167. The van der Waals surface area contributed by atoms with Gasteiger partial charge >= 0.3 is 17.9 Å². The first-order valence-corrected chi connectivity index (χ1v) is 30.4. The van der Waals surface area contributed by atoms with E-state index in [1.807, 2.05) is 0 Å². The first-order valence-electron chi connectivity index (χ1n) is 30.4. The molecule has 1 atom stereocenters. The molecule has 0 spiro atoms. The normalized spacial score (nSPS) is 12.0. The number of esters is 3. The van der Waals surface area contributed by atoms with Crippen molar-refractivity contribution in [2.45, 2.75) is 355 Å². The topological polar surface area (TPSA) is 78.9 Å². The Hall–Kier alpha value is -1.59. The van der Waals surface area contributed by atoms with Gasteiger partial charge in [0.25, 0.3) is 0 Å². The van der Waals surface area contributed by atoms with Gasteiger partial charge in [0.05, 0.1) is 0 Å². The molecule has 67 heavy (non-hydrogen) atoms. The number of ether oxygens (including phenoxy) is 3. The Morgan fingerprint density at radius 3 is 0.731 bits per heavy atom. The lowest BCUT2D eigenvalue weighted by atomic mass is 10.0. The summed E-state index contributed by atoms with van der Waals surface area (Å²) >= 11 is 0. The first-order chi connectivity index (χ1) is 32.9. The summed E-state index contributed by atoms with van der Waals surface area (Å²) in [7, 11) is 0. The highest BCUT2D eigenvalue weighted by Gasteiger charge is 2.19. The predicted octanol–water partition coefficient (Wildman–Crippen LogP) is 20.2. The van der Waals surface area contributed by atoms with Crippen LogP contribution >= 0.6 is 0 Å². The molecule has 0 aliphatic rings. The molecule has 0 aliphatic heterocycles. The fourth-order valence-corrected chi connectivity index (χ4v) is 9.46. The predicted molar refractivity (Wildman–Crippen MR) is 289 cm³/mol. The standard InChI is InChI=1S/C61H118O6/c1-5-7-9-11-13-15-17-19-23-28-32-36-40-44-48-52-59(62)65-55-58(67-61(64)54-50-46-42-38-34-30-24-20-18-16-14-12-10-8-6-2)56-66-60(63)53-49-45-41-37-33-29-26-22-21-25-27-31-35-39-43-47-51-57(3)4/h57-58H,5-56H2,1-4H3/t58-/m0/s1. The number of unbranched alkanes of at least 4 members (excludes halogenated alkanes) is 43. The molecule has 0 unspecified atom stereocenters. The molecule has 0 aromatic heterocycles. The molecule has 0 heterocycles. The van der Waals surface area contributed by atoms with E-state index in [1.54, 1.807) is 0 Å². The van der Waals surface area contributed by atoms with Gasteiger partial charge in [0.2, 0.25) is 0 Å². The Bertz CT molecular complexity index is 1010. The number of hydrogen-bond donors (Lipinski definition) is 0. The second-order valence-corrected chi connectivity index (χ2v) is 21.5. The maximum Gasteiger partial charge on any atom is 0.306 e. The van der Waals surface area contributed by atoms with Gasteiger partial charge in [0, 0.05) is 19.3 Å². The molecule has 0 aromatic carbocycles. The molecule has 0 bridgehead atoms. The van der Waals surface area contributed by atoms with Gasteiger partial charge in [-0.15, -0.1) is 0 Å². The Balaban J connectivity index is 4.27. The largest absolute Gasteiger partial charge is 0.462 e. The number of carbonyl (C=O) groups excluding carboxylic acids is 3. The molecular formula is C61H118O6. The third kappa shape index (κ3) is 55.2. The molecule has 0 amide bonds. The maximum absolute atomic E-state index is 12.9. The molecule has 0 rings (SSSR count). The molecule has 398 valence electrons. The summed E-state index contributed by atoms with van der Waals surface area (Å²) in [6, 6.07) is 0. The van der Waals surface area contributed by atoms with E-state index in [0.29, 0.717) is 19.3 Å². The van der Waals surface area contributed by atoms with Crippen LogP contribution in [0.1, 0.15) is 349 Å². The fraction of sp³-hybridized carbons (Fsp3) is 0.951. The molecule has 0 saturated heterocycles. The van der Waals surface area contributed by atoms with Crippen LogP contribution < -0.4 is 0 Å². The Labute approximate surface area is 418 Å². The van der Waals surface area contributed by atoms with Gasteiger partial charge in [-0.25, -0.2) is 0 Å². The van der Waals surface area contributed by atoms with E-state index < -0.39 is 6.10 Å². The van der Waals surface area contributed by atoms with Crippen LogP contribution in [0, 0.1) is 5.92 Å². The van der Waals surface area contributed by atoms with Gasteiger partial charge in [-0.1, -0.05) is 310 Å². The minimum Gasteiger partial charge on any atom is -0.462 e. The molecule has 6 heteroatoms. The lowest BCUT2D eigenvalue weighted by Crippen LogP contribution is -2.30. The van der Waals surface area contributed by atoms with Gasteiger partial charge in [0.15, 0.2) is 6.10 Å². The number of carbonyl (C=O) groups is 3. The van der Waals surface area contributed by atoms with E-state index in [9.17, 15) is 14.4 Å². The van der Waals surface area contributed by atoms with Crippen molar-refractivity contribution >= 4 is 17.9 Å². The van der Waals surface area contributed by atoms with E-state index in [0.717, 1.165) is 63.7 Å². The van der Waals surface area contributed by atoms with Crippen molar-refractivity contribution in [1.82, 2.24) is 0 Å². The summed E-state index contributed by atoms with van der Waals surface area (Å²) < 4.78 is 16.9. The highest BCUT2D eigenvalue weighted by molar-refractivity contribution is 5.71. The summed E-state index contributed by atoms with van der Waals surface area (Å²) in [6.07, 6.45) is 60.9. The molecule has 0 fully saturated rings. The van der Waals surface area contributed by atoms with E-state index in [2.05, 4.69) is 27.7 Å². The van der Waals surface area contributed by atoms with E-state index in [-0.39, 0.29) is 31.1 Å². The van der Waals surface area contributed by atoms with Crippen molar-refractivity contribution in [3.05, 3.63) is 0 Å². The van der Waals surface area contributed by atoms with E-state index >= 15 is 0 Å². The minimum absolute atomic E-state index is 0.0614. The summed E-state index contributed by atoms with van der Waals surface area (Å²) in [5, 5.41) is 0. The van der Waals surface area contributed by atoms with Crippen molar-refractivity contribution in [3.8, 4) is 0 Å². The Morgan fingerprint density at radius 1 is 0.284 bits per heavy atom. The summed E-state index contributed by atoms with van der Waals surface area (Å²) in [5.74, 6) is 0.0224. The lowest BCUT2D eigenvalue weighted by Gasteiger charge is -2.18. The maximum atomic E-state index is 12.9. The van der Waals surface area contributed by atoms with Gasteiger partial charge in [0.1, 0.15) is 13.2 Å². The van der Waals surface area contributed by atoms with Crippen LogP contribution in [-0.2, 0) is 28.6 Å². The molecule has 6 nitrogen and oxygen atoms in total. The number of rotatable bonds is 56. The average Bonchev–Trinajstić information content (AvgIpc) is 3.31. The van der Waals surface area contributed by atoms with Gasteiger partial charge in [-0.05, 0) is 25.2 Å². The quantitative estimate of drug-likeness (QED) is 0.0343. The van der Waals surface area contributed by atoms with Crippen LogP contribution in [0.25, 0.3) is 0 Å². The van der Waals surface area contributed by atoms with Gasteiger partial charge < -0.3 is 14.2 Å². The van der Waals surface area contributed by atoms with E-state index in [4.69, 9.17) is 14.2 Å². The molecule has 0 saturated carbocycles. The summed E-state index contributed by atoms with van der Waals surface area (Å²) in [5.41, 5.74) is 0. The van der Waals surface area contributed by atoms with Crippen LogP contribution in [0.5, 0.6) is 0 Å². The Kier molecular flexibility index (Phi) is 54.0. The SMILES string of the molecule is CCCCCCCCCCCCCCCCCC(=O)OC[C@@H](COC(=O)CCCCCCCCCCCCCCCCCCC(C)C)OC(=O)CCCCCCCCCCCCCCCCC. The van der Waals surface area contributed by atoms with Crippen LogP contribution in [-0.4, -0.2) is 37.2 Å². The molecule has 0 N–H and O–H groups in total. The fourth-order valence-electron chi connectivity index (χ4n) is 9.46. The second-order valence-electron chi connectivity index (χ2n) is 21.5. The minimum atomic E-state index is -0.762. The zero-order valence-corrected chi connectivity index (χ0v) is 45.9.